The van der Waals surface area contributed by atoms with Crippen LogP contribution in [0.5, 0.6) is 0 Å². The topological polar surface area (TPSA) is 63.9 Å². The molecule has 3 heterocycles. The lowest BCUT2D eigenvalue weighted by molar-refractivity contribution is 0.0600. The average molecular weight is 382 g/mol. The molecule has 3 aromatic rings. The third-order valence-corrected chi connectivity index (χ3v) is 5.21. The zero-order chi connectivity index (χ0) is 18.6. The highest BCUT2D eigenvalue weighted by molar-refractivity contribution is 6.31. The first kappa shape index (κ1) is 17.7. The summed E-state index contributed by atoms with van der Waals surface area (Å²) in [6.45, 7) is 1.18. The molecule has 0 N–H and O–H groups in total. The second-order valence-electron chi connectivity index (χ2n) is 6.66. The maximum atomic E-state index is 13.1. The molecule has 0 bridgehead atoms. The van der Waals surface area contributed by atoms with Gasteiger partial charge in [-0.3, -0.25) is 9.78 Å². The van der Waals surface area contributed by atoms with Crippen LogP contribution in [0.1, 0.15) is 47.1 Å². The molecular weight excluding hydrogens is 362 g/mol. The van der Waals surface area contributed by atoms with Gasteiger partial charge in [-0.1, -0.05) is 41.1 Å². The van der Waals surface area contributed by atoms with E-state index in [2.05, 4.69) is 15.3 Å². The number of carbonyl (C=O) groups is 1. The highest BCUT2D eigenvalue weighted by Crippen LogP contribution is 2.30. The predicted octanol–water partition coefficient (Wildman–Crippen LogP) is 3.74. The van der Waals surface area contributed by atoms with Gasteiger partial charge in [-0.25, -0.2) is 4.68 Å². The van der Waals surface area contributed by atoms with Crippen LogP contribution in [0.2, 0.25) is 5.02 Å². The molecule has 6 nitrogen and oxygen atoms in total. The maximum Gasteiger partial charge on any atom is 0.276 e. The fourth-order valence-corrected chi connectivity index (χ4v) is 3.67. The Bertz CT molecular complexity index is 927. The van der Waals surface area contributed by atoms with Gasteiger partial charge in [-0.05, 0) is 43.0 Å². The zero-order valence-corrected chi connectivity index (χ0v) is 15.6. The van der Waals surface area contributed by atoms with Gasteiger partial charge in [0, 0.05) is 17.8 Å². The standard InChI is InChI=1S/C20H20ClN5O/c21-16-8-2-1-7-15(16)13-25-14-18(23-24-25)20(27)26-12-6-4-10-19(26)17-9-3-5-11-22-17/h1-3,5,7-9,11,14,19H,4,6,10,12-13H2/t19-/m1/s1. The van der Waals surface area contributed by atoms with E-state index in [1.165, 1.54) is 0 Å². The van der Waals surface area contributed by atoms with E-state index in [0.29, 0.717) is 23.8 Å². The van der Waals surface area contributed by atoms with Crippen LogP contribution < -0.4 is 0 Å². The highest BCUT2D eigenvalue weighted by atomic mass is 35.5. The van der Waals surface area contributed by atoms with Crippen molar-refractivity contribution in [1.29, 1.82) is 0 Å². The van der Waals surface area contributed by atoms with E-state index in [0.717, 1.165) is 30.5 Å². The fourth-order valence-electron chi connectivity index (χ4n) is 3.48. The molecule has 0 radical (unpaired) electrons. The number of likely N-dealkylation sites (tertiary alicyclic amines) is 1. The lowest BCUT2D eigenvalue weighted by Gasteiger charge is -2.34. The third-order valence-electron chi connectivity index (χ3n) is 4.84. The van der Waals surface area contributed by atoms with E-state index >= 15 is 0 Å². The van der Waals surface area contributed by atoms with Gasteiger partial charge in [0.15, 0.2) is 5.69 Å². The molecule has 1 amide bonds. The van der Waals surface area contributed by atoms with E-state index in [9.17, 15) is 4.79 Å². The summed E-state index contributed by atoms with van der Waals surface area (Å²) < 4.78 is 1.65. The Morgan fingerprint density at radius 2 is 2.00 bits per heavy atom. The number of amides is 1. The first-order valence-corrected chi connectivity index (χ1v) is 9.45. The number of hydrogen-bond acceptors (Lipinski definition) is 4. The molecule has 0 aliphatic carbocycles. The van der Waals surface area contributed by atoms with Gasteiger partial charge >= 0.3 is 0 Å². The number of halogens is 1. The molecule has 0 saturated carbocycles. The van der Waals surface area contributed by atoms with E-state index in [1.807, 2.05) is 47.4 Å². The average Bonchev–Trinajstić information content (AvgIpc) is 3.18. The normalized spacial score (nSPS) is 17.1. The van der Waals surface area contributed by atoms with Crippen LogP contribution in [0.3, 0.4) is 0 Å². The van der Waals surface area contributed by atoms with Crippen LogP contribution in [0.4, 0.5) is 0 Å². The molecule has 0 unspecified atom stereocenters. The first-order valence-electron chi connectivity index (χ1n) is 9.08. The number of rotatable bonds is 4. The quantitative estimate of drug-likeness (QED) is 0.690. The summed E-state index contributed by atoms with van der Waals surface area (Å²) in [6, 6.07) is 13.4. The first-order chi connectivity index (χ1) is 13.2. The second kappa shape index (κ2) is 7.88. The van der Waals surface area contributed by atoms with Crippen molar-refractivity contribution in [2.45, 2.75) is 31.8 Å². The summed E-state index contributed by atoms with van der Waals surface area (Å²) in [5.74, 6) is -0.101. The van der Waals surface area contributed by atoms with Gasteiger partial charge in [-0.15, -0.1) is 5.10 Å². The summed E-state index contributed by atoms with van der Waals surface area (Å²) >= 11 is 6.21. The molecular formula is C20H20ClN5O. The molecule has 2 aromatic heterocycles. The van der Waals surface area contributed by atoms with Gasteiger partial charge < -0.3 is 4.90 Å². The van der Waals surface area contributed by atoms with E-state index in [-0.39, 0.29) is 11.9 Å². The highest BCUT2D eigenvalue weighted by Gasteiger charge is 2.30. The van der Waals surface area contributed by atoms with Crippen LogP contribution in [0, 0.1) is 0 Å². The molecule has 1 atom stereocenters. The predicted molar refractivity (Wildman–Crippen MR) is 102 cm³/mol. The van der Waals surface area contributed by atoms with Crippen molar-refractivity contribution in [2.24, 2.45) is 0 Å². The number of pyridine rings is 1. The van der Waals surface area contributed by atoms with Crippen molar-refractivity contribution in [3.05, 3.63) is 76.8 Å². The Balaban J connectivity index is 1.53. The molecule has 1 saturated heterocycles. The minimum absolute atomic E-state index is 0.0128. The summed E-state index contributed by atoms with van der Waals surface area (Å²) in [5, 5.41) is 8.89. The lowest BCUT2D eigenvalue weighted by Crippen LogP contribution is -2.39. The molecule has 1 aromatic carbocycles. The monoisotopic (exact) mass is 381 g/mol. The second-order valence-corrected chi connectivity index (χ2v) is 7.06. The number of piperidine rings is 1. The van der Waals surface area contributed by atoms with Crippen LogP contribution in [-0.2, 0) is 6.54 Å². The third kappa shape index (κ3) is 3.85. The van der Waals surface area contributed by atoms with Gasteiger partial charge in [0.05, 0.1) is 24.5 Å². The van der Waals surface area contributed by atoms with Gasteiger partial charge in [0.2, 0.25) is 0 Å². The Morgan fingerprint density at radius 3 is 2.81 bits per heavy atom. The largest absolute Gasteiger partial charge is 0.329 e. The Labute approximate surface area is 162 Å². The number of aromatic nitrogens is 4. The minimum Gasteiger partial charge on any atom is -0.329 e. The number of hydrogen-bond donors (Lipinski definition) is 0. The van der Waals surface area contributed by atoms with E-state index in [4.69, 9.17) is 11.6 Å². The molecule has 0 spiro atoms. The smallest absolute Gasteiger partial charge is 0.276 e. The number of benzene rings is 1. The summed E-state index contributed by atoms with van der Waals surface area (Å²) in [5.41, 5.74) is 2.21. The summed E-state index contributed by atoms with van der Waals surface area (Å²) in [6.07, 6.45) is 6.45. The van der Waals surface area contributed by atoms with Crippen molar-refractivity contribution in [3.8, 4) is 0 Å². The molecule has 1 aliphatic heterocycles. The van der Waals surface area contributed by atoms with Crippen molar-refractivity contribution < 1.29 is 4.79 Å². The molecule has 4 rings (SSSR count). The van der Waals surface area contributed by atoms with Crippen LogP contribution in [-0.4, -0.2) is 37.3 Å². The van der Waals surface area contributed by atoms with Gasteiger partial charge in [-0.2, -0.15) is 0 Å². The maximum absolute atomic E-state index is 13.1. The van der Waals surface area contributed by atoms with Crippen molar-refractivity contribution in [1.82, 2.24) is 24.9 Å². The summed E-state index contributed by atoms with van der Waals surface area (Å²) in [4.78, 5) is 19.4. The molecule has 138 valence electrons. The van der Waals surface area contributed by atoms with E-state index in [1.54, 1.807) is 17.1 Å². The lowest BCUT2D eigenvalue weighted by atomic mass is 9.98. The van der Waals surface area contributed by atoms with Crippen molar-refractivity contribution in [3.63, 3.8) is 0 Å². The van der Waals surface area contributed by atoms with Gasteiger partial charge in [0.25, 0.3) is 5.91 Å². The number of nitrogens with zero attached hydrogens (tertiary/aromatic N) is 5. The zero-order valence-electron chi connectivity index (χ0n) is 14.8. The fraction of sp³-hybridized carbons (Fsp3) is 0.300. The summed E-state index contributed by atoms with van der Waals surface area (Å²) in [7, 11) is 0. The minimum atomic E-state index is -0.101. The molecule has 7 heteroatoms. The van der Waals surface area contributed by atoms with Crippen LogP contribution >= 0.6 is 11.6 Å². The Kier molecular flexibility index (Phi) is 5.16. The van der Waals surface area contributed by atoms with Crippen molar-refractivity contribution >= 4 is 17.5 Å². The van der Waals surface area contributed by atoms with Crippen LogP contribution in [0.15, 0.2) is 54.9 Å². The molecule has 27 heavy (non-hydrogen) atoms. The Morgan fingerprint density at radius 1 is 1.15 bits per heavy atom. The van der Waals surface area contributed by atoms with E-state index < -0.39 is 0 Å². The SMILES string of the molecule is O=C(c1cn(Cc2ccccc2Cl)nn1)N1CCCC[C@@H]1c1ccccn1. The van der Waals surface area contributed by atoms with Crippen molar-refractivity contribution in [2.75, 3.05) is 6.54 Å². The molecule has 1 aliphatic rings. The van der Waals surface area contributed by atoms with Gasteiger partial charge in [0.1, 0.15) is 0 Å². The number of carbonyl (C=O) groups excluding carboxylic acids is 1. The Hall–Kier alpha value is -2.73. The van der Waals surface area contributed by atoms with Crippen LogP contribution in [0.25, 0.3) is 0 Å². The molecule has 1 fully saturated rings.